The number of hydrogen-bond acceptors (Lipinski definition) is 1. The highest BCUT2D eigenvalue weighted by molar-refractivity contribution is 4.91. The van der Waals surface area contributed by atoms with Crippen molar-refractivity contribution < 1.29 is 26.3 Å². The Morgan fingerprint density at radius 2 is 1.35 bits per heavy atom. The summed E-state index contributed by atoms with van der Waals surface area (Å²) in [6, 6.07) is -1.57. The van der Waals surface area contributed by atoms with Gasteiger partial charge in [0, 0.05) is 6.04 Å². The maximum atomic E-state index is 12.9. The van der Waals surface area contributed by atoms with Gasteiger partial charge in [-0.3, -0.25) is 0 Å². The zero-order valence-corrected chi connectivity index (χ0v) is 11.4. The first-order chi connectivity index (χ1) is 9.18. The molecule has 0 spiro atoms. The second-order valence-corrected chi connectivity index (χ2v) is 5.40. The van der Waals surface area contributed by atoms with Crippen LogP contribution >= 0.6 is 0 Å². The van der Waals surface area contributed by atoms with Gasteiger partial charge in [0.15, 0.2) is 5.92 Å². The third-order valence-corrected chi connectivity index (χ3v) is 3.91. The monoisotopic (exact) mass is 305 g/mol. The van der Waals surface area contributed by atoms with Crippen molar-refractivity contribution in [3.63, 3.8) is 0 Å². The van der Waals surface area contributed by atoms with Gasteiger partial charge >= 0.3 is 12.4 Å². The van der Waals surface area contributed by atoms with Crippen molar-refractivity contribution in [1.29, 1.82) is 0 Å². The second-order valence-electron chi connectivity index (χ2n) is 5.40. The van der Waals surface area contributed by atoms with Crippen LogP contribution in [-0.2, 0) is 0 Å². The van der Waals surface area contributed by atoms with E-state index in [1.54, 1.807) is 0 Å². The second kappa shape index (κ2) is 7.00. The van der Waals surface area contributed by atoms with Gasteiger partial charge in [-0.2, -0.15) is 26.3 Å². The third-order valence-electron chi connectivity index (χ3n) is 3.91. The molecule has 1 fully saturated rings. The average Bonchev–Trinajstić information content (AvgIpc) is 2.52. The van der Waals surface area contributed by atoms with E-state index in [1.807, 2.05) is 0 Å². The molecular weight excluding hydrogens is 284 g/mol. The Balaban J connectivity index is 3.00. The summed E-state index contributed by atoms with van der Waals surface area (Å²) < 4.78 is 77.3. The zero-order chi connectivity index (χ0) is 15.4. The van der Waals surface area contributed by atoms with Crippen molar-refractivity contribution in [1.82, 2.24) is 5.32 Å². The summed E-state index contributed by atoms with van der Waals surface area (Å²) in [6.07, 6.45) is -6.49. The van der Waals surface area contributed by atoms with Crippen LogP contribution in [0.5, 0.6) is 0 Å². The Hall–Kier alpha value is -0.460. The maximum absolute atomic E-state index is 12.9. The average molecular weight is 305 g/mol. The molecule has 0 aromatic rings. The lowest BCUT2D eigenvalue weighted by molar-refractivity contribution is -0.295. The Kier molecular flexibility index (Phi) is 6.16. The van der Waals surface area contributed by atoms with Gasteiger partial charge in [-0.15, -0.1) is 0 Å². The largest absolute Gasteiger partial charge is 0.402 e. The predicted molar refractivity (Wildman–Crippen MR) is 64.3 cm³/mol. The summed E-state index contributed by atoms with van der Waals surface area (Å²) in [6.45, 7) is 1.64. The molecule has 20 heavy (non-hydrogen) atoms. The first kappa shape index (κ1) is 17.6. The van der Waals surface area contributed by atoms with Crippen molar-refractivity contribution >= 4 is 0 Å². The fourth-order valence-electron chi connectivity index (χ4n) is 3.06. The van der Waals surface area contributed by atoms with Crippen LogP contribution in [0.2, 0.25) is 0 Å². The maximum Gasteiger partial charge on any atom is 0.402 e. The Morgan fingerprint density at radius 3 is 1.70 bits per heavy atom. The molecule has 120 valence electrons. The highest BCUT2D eigenvalue weighted by atomic mass is 19.4. The molecule has 0 bridgehead atoms. The van der Waals surface area contributed by atoms with Crippen LogP contribution in [0.3, 0.4) is 0 Å². The minimum Gasteiger partial charge on any atom is -0.313 e. The molecule has 0 heterocycles. The minimum absolute atomic E-state index is 0.101. The van der Waals surface area contributed by atoms with Crippen LogP contribution in [0.4, 0.5) is 26.3 Å². The van der Waals surface area contributed by atoms with Gasteiger partial charge in [0.05, 0.1) is 0 Å². The van der Waals surface area contributed by atoms with E-state index in [0.717, 1.165) is 12.8 Å². The molecule has 1 nitrogen and oxygen atoms in total. The van der Waals surface area contributed by atoms with Gasteiger partial charge in [0.2, 0.25) is 0 Å². The quantitative estimate of drug-likeness (QED) is 0.587. The van der Waals surface area contributed by atoms with Crippen LogP contribution in [0.25, 0.3) is 0 Å². The lowest BCUT2D eigenvalue weighted by Crippen LogP contribution is -2.54. The molecule has 0 radical (unpaired) electrons. The highest BCUT2D eigenvalue weighted by Crippen LogP contribution is 2.45. The minimum atomic E-state index is -5.27. The normalized spacial score (nSPS) is 21.0. The Bertz CT molecular complexity index is 264. The first-order valence-electron chi connectivity index (χ1n) is 7.04. The zero-order valence-electron chi connectivity index (χ0n) is 11.4. The van der Waals surface area contributed by atoms with Crippen LogP contribution in [0.15, 0.2) is 0 Å². The molecule has 0 aromatic heterocycles. The molecule has 7 heteroatoms. The fraction of sp³-hybridized carbons (Fsp3) is 1.00. The van der Waals surface area contributed by atoms with Gasteiger partial charge < -0.3 is 5.32 Å². The summed E-state index contributed by atoms with van der Waals surface area (Å²) in [4.78, 5) is 0. The summed E-state index contributed by atoms with van der Waals surface area (Å²) >= 11 is 0. The number of nitrogens with one attached hydrogen (secondary N) is 1. The van der Waals surface area contributed by atoms with Crippen molar-refractivity contribution in [3.8, 4) is 0 Å². The number of alkyl halides is 6. The van der Waals surface area contributed by atoms with E-state index >= 15 is 0 Å². The molecule has 1 aliphatic carbocycles. The fourth-order valence-corrected chi connectivity index (χ4v) is 3.06. The predicted octanol–water partition coefficient (Wildman–Crippen LogP) is 4.68. The van der Waals surface area contributed by atoms with E-state index in [4.69, 9.17) is 0 Å². The van der Waals surface area contributed by atoms with Crippen LogP contribution in [0, 0.1) is 11.8 Å². The van der Waals surface area contributed by atoms with Crippen molar-refractivity contribution in [2.45, 2.75) is 63.8 Å². The van der Waals surface area contributed by atoms with E-state index in [1.165, 1.54) is 6.92 Å². The molecular formula is C13H21F6N. The van der Waals surface area contributed by atoms with E-state index in [2.05, 4.69) is 5.32 Å². The summed E-state index contributed by atoms with van der Waals surface area (Å²) in [5.74, 6) is -3.84. The molecule has 0 aromatic carbocycles. The van der Waals surface area contributed by atoms with Gasteiger partial charge in [0.1, 0.15) is 0 Å². The number of halogens is 6. The SMILES string of the molecule is CCNC(C1CCCCCC1)C(C(F)(F)F)C(F)(F)F. The van der Waals surface area contributed by atoms with E-state index in [9.17, 15) is 26.3 Å². The third kappa shape index (κ3) is 4.82. The molecule has 1 unspecified atom stereocenters. The standard InChI is InChI=1S/C13H21F6N/c1-2-20-10(9-7-5-3-4-6-8-9)11(12(14,15)16)13(17,18)19/h9-11,20H,2-8H2,1H3. The van der Waals surface area contributed by atoms with Crippen molar-refractivity contribution in [3.05, 3.63) is 0 Å². The number of hydrogen-bond donors (Lipinski definition) is 1. The molecule has 1 atom stereocenters. The summed E-state index contributed by atoms with van der Waals surface area (Å²) in [5, 5.41) is 2.45. The molecule has 1 N–H and O–H groups in total. The summed E-state index contributed by atoms with van der Waals surface area (Å²) in [7, 11) is 0. The van der Waals surface area contributed by atoms with Crippen molar-refractivity contribution in [2.75, 3.05) is 6.54 Å². The van der Waals surface area contributed by atoms with Crippen LogP contribution in [0.1, 0.15) is 45.4 Å². The van der Waals surface area contributed by atoms with Gasteiger partial charge in [0.25, 0.3) is 0 Å². The van der Waals surface area contributed by atoms with E-state index < -0.39 is 30.2 Å². The Labute approximate surface area is 115 Å². The molecule has 1 aliphatic rings. The summed E-state index contributed by atoms with van der Waals surface area (Å²) in [5.41, 5.74) is 0. The van der Waals surface area contributed by atoms with E-state index in [-0.39, 0.29) is 6.54 Å². The van der Waals surface area contributed by atoms with Crippen molar-refractivity contribution in [2.24, 2.45) is 11.8 Å². The molecule has 0 aliphatic heterocycles. The van der Waals surface area contributed by atoms with Gasteiger partial charge in [-0.1, -0.05) is 32.6 Å². The van der Waals surface area contributed by atoms with E-state index in [0.29, 0.717) is 25.7 Å². The Morgan fingerprint density at radius 1 is 0.900 bits per heavy atom. The molecule has 1 rings (SSSR count). The van der Waals surface area contributed by atoms with Crippen LogP contribution in [-0.4, -0.2) is 24.9 Å². The van der Waals surface area contributed by atoms with Gasteiger partial charge in [-0.05, 0) is 25.3 Å². The highest BCUT2D eigenvalue weighted by Gasteiger charge is 2.61. The smallest absolute Gasteiger partial charge is 0.313 e. The molecule has 0 amide bonds. The topological polar surface area (TPSA) is 12.0 Å². The van der Waals surface area contributed by atoms with Gasteiger partial charge in [-0.25, -0.2) is 0 Å². The number of rotatable bonds is 4. The molecule has 0 saturated heterocycles. The van der Waals surface area contributed by atoms with Crippen LogP contribution < -0.4 is 5.32 Å². The molecule has 1 saturated carbocycles. The lowest BCUT2D eigenvalue weighted by Gasteiger charge is -2.36. The first-order valence-corrected chi connectivity index (χ1v) is 7.04. The lowest BCUT2D eigenvalue weighted by atomic mass is 9.82.